The van der Waals surface area contributed by atoms with Gasteiger partial charge in [-0.2, -0.15) is 0 Å². The van der Waals surface area contributed by atoms with Crippen molar-refractivity contribution in [2.45, 2.75) is 20.3 Å². The Labute approximate surface area is 105 Å². The van der Waals surface area contributed by atoms with E-state index in [1.54, 1.807) is 12.3 Å². The summed E-state index contributed by atoms with van der Waals surface area (Å²) in [5.74, 6) is -0.106. The lowest BCUT2D eigenvalue weighted by atomic mass is 10.1. The first kappa shape index (κ1) is 11.8. The van der Waals surface area contributed by atoms with Gasteiger partial charge in [-0.05, 0) is 25.5 Å². The third-order valence-corrected chi connectivity index (χ3v) is 3.46. The molecule has 17 heavy (non-hydrogen) atoms. The molecule has 2 rings (SSSR count). The Hall–Kier alpha value is -1.68. The Morgan fingerprint density at radius 2 is 2.29 bits per heavy atom. The molecule has 1 aromatic carbocycles. The van der Waals surface area contributed by atoms with Crippen molar-refractivity contribution in [1.29, 1.82) is 0 Å². The highest BCUT2D eigenvalue weighted by atomic mass is 32.1. The van der Waals surface area contributed by atoms with Crippen molar-refractivity contribution >= 4 is 22.4 Å². The minimum Gasteiger partial charge on any atom is -0.298 e. The molecule has 3 nitrogen and oxygen atoms in total. The summed E-state index contributed by atoms with van der Waals surface area (Å²) in [5, 5.41) is 3.47. The van der Waals surface area contributed by atoms with Crippen molar-refractivity contribution in [3.63, 3.8) is 0 Å². The number of hydrogen-bond acceptors (Lipinski definition) is 3. The SMILES string of the molecule is CCc1cnc(NC(=O)c2cccc(C)c2)s1. The third-order valence-electron chi connectivity index (χ3n) is 2.40. The number of anilines is 1. The monoisotopic (exact) mass is 246 g/mol. The summed E-state index contributed by atoms with van der Waals surface area (Å²) < 4.78 is 0. The van der Waals surface area contributed by atoms with Gasteiger partial charge in [0.25, 0.3) is 5.91 Å². The Morgan fingerprint density at radius 3 is 2.94 bits per heavy atom. The van der Waals surface area contributed by atoms with Gasteiger partial charge in [0.15, 0.2) is 5.13 Å². The number of rotatable bonds is 3. The summed E-state index contributed by atoms with van der Waals surface area (Å²) in [6.07, 6.45) is 2.74. The van der Waals surface area contributed by atoms with Gasteiger partial charge in [0, 0.05) is 16.6 Å². The van der Waals surface area contributed by atoms with Gasteiger partial charge in [-0.25, -0.2) is 4.98 Å². The molecule has 1 heterocycles. The van der Waals surface area contributed by atoms with E-state index in [9.17, 15) is 4.79 Å². The molecule has 0 spiro atoms. The van der Waals surface area contributed by atoms with Crippen LogP contribution in [0.1, 0.15) is 27.7 Å². The molecule has 0 aliphatic carbocycles. The summed E-state index contributed by atoms with van der Waals surface area (Å²) in [6, 6.07) is 7.51. The van der Waals surface area contributed by atoms with Gasteiger partial charge in [0.1, 0.15) is 0 Å². The molecular weight excluding hydrogens is 232 g/mol. The molecule has 0 atom stereocenters. The van der Waals surface area contributed by atoms with Gasteiger partial charge >= 0.3 is 0 Å². The number of aryl methyl sites for hydroxylation is 2. The molecule has 0 fully saturated rings. The van der Waals surface area contributed by atoms with E-state index < -0.39 is 0 Å². The smallest absolute Gasteiger partial charge is 0.257 e. The number of nitrogens with zero attached hydrogens (tertiary/aromatic N) is 1. The minimum absolute atomic E-state index is 0.106. The van der Waals surface area contributed by atoms with Crippen LogP contribution in [-0.4, -0.2) is 10.9 Å². The molecule has 4 heteroatoms. The number of carbonyl (C=O) groups is 1. The highest BCUT2D eigenvalue weighted by Gasteiger charge is 2.08. The topological polar surface area (TPSA) is 42.0 Å². The molecule has 2 aromatic rings. The van der Waals surface area contributed by atoms with Crippen LogP contribution in [0, 0.1) is 6.92 Å². The number of aromatic nitrogens is 1. The highest BCUT2D eigenvalue weighted by molar-refractivity contribution is 7.15. The maximum atomic E-state index is 11.9. The average Bonchev–Trinajstić information content (AvgIpc) is 2.77. The molecule has 0 bridgehead atoms. The fourth-order valence-electron chi connectivity index (χ4n) is 1.48. The van der Waals surface area contributed by atoms with E-state index in [0.29, 0.717) is 10.7 Å². The van der Waals surface area contributed by atoms with Gasteiger partial charge < -0.3 is 0 Å². The Kier molecular flexibility index (Phi) is 3.54. The van der Waals surface area contributed by atoms with Crippen LogP contribution in [0.5, 0.6) is 0 Å². The van der Waals surface area contributed by atoms with E-state index in [1.165, 1.54) is 16.2 Å². The molecule has 1 aromatic heterocycles. The van der Waals surface area contributed by atoms with Crippen molar-refractivity contribution in [2.24, 2.45) is 0 Å². The first-order valence-corrected chi connectivity index (χ1v) is 6.33. The Balaban J connectivity index is 2.11. The zero-order chi connectivity index (χ0) is 12.3. The van der Waals surface area contributed by atoms with Crippen molar-refractivity contribution in [3.05, 3.63) is 46.5 Å². The maximum Gasteiger partial charge on any atom is 0.257 e. The van der Waals surface area contributed by atoms with E-state index in [2.05, 4.69) is 17.2 Å². The van der Waals surface area contributed by atoms with Crippen LogP contribution in [0.25, 0.3) is 0 Å². The van der Waals surface area contributed by atoms with Crippen LogP contribution in [0.2, 0.25) is 0 Å². The van der Waals surface area contributed by atoms with Crippen LogP contribution in [-0.2, 0) is 6.42 Å². The fourth-order valence-corrected chi connectivity index (χ4v) is 2.23. The predicted octanol–water partition coefficient (Wildman–Crippen LogP) is 3.27. The van der Waals surface area contributed by atoms with E-state index in [4.69, 9.17) is 0 Å². The molecule has 0 aliphatic heterocycles. The largest absolute Gasteiger partial charge is 0.298 e. The molecule has 88 valence electrons. The van der Waals surface area contributed by atoms with E-state index in [-0.39, 0.29) is 5.91 Å². The van der Waals surface area contributed by atoms with Crippen LogP contribution < -0.4 is 5.32 Å². The van der Waals surface area contributed by atoms with Gasteiger partial charge in [-0.1, -0.05) is 24.6 Å². The number of benzene rings is 1. The summed E-state index contributed by atoms with van der Waals surface area (Å²) >= 11 is 1.52. The minimum atomic E-state index is -0.106. The van der Waals surface area contributed by atoms with Crippen LogP contribution >= 0.6 is 11.3 Å². The summed E-state index contributed by atoms with van der Waals surface area (Å²) in [6.45, 7) is 4.04. The summed E-state index contributed by atoms with van der Waals surface area (Å²) in [7, 11) is 0. The maximum absolute atomic E-state index is 11.9. The molecule has 1 amide bonds. The van der Waals surface area contributed by atoms with E-state index in [0.717, 1.165) is 12.0 Å². The van der Waals surface area contributed by atoms with Crippen LogP contribution in [0.15, 0.2) is 30.5 Å². The second-order valence-electron chi connectivity index (χ2n) is 3.81. The molecule has 0 saturated heterocycles. The van der Waals surface area contributed by atoms with Crippen LogP contribution in [0.4, 0.5) is 5.13 Å². The number of hydrogen-bond donors (Lipinski definition) is 1. The predicted molar refractivity (Wildman–Crippen MR) is 70.6 cm³/mol. The van der Waals surface area contributed by atoms with Gasteiger partial charge in [0.05, 0.1) is 0 Å². The van der Waals surface area contributed by atoms with E-state index in [1.807, 2.05) is 25.1 Å². The van der Waals surface area contributed by atoms with Crippen LogP contribution in [0.3, 0.4) is 0 Å². The Morgan fingerprint density at radius 1 is 1.47 bits per heavy atom. The fraction of sp³-hybridized carbons (Fsp3) is 0.231. The van der Waals surface area contributed by atoms with Crippen molar-refractivity contribution in [3.8, 4) is 0 Å². The van der Waals surface area contributed by atoms with Crippen molar-refractivity contribution in [1.82, 2.24) is 4.98 Å². The lowest BCUT2D eigenvalue weighted by molar-refractivity contribution is 0.102. The molecule has 1 N–H and O–H groups in total. The van der Waals surface area contributed by atoms with Gasteiger partial charge in [-0.3, -0.25) is 10.1 Å². The second kappa shape index (κ2) is 5.10. The molecule has 0 unspecified atom stereocenters. The van der Waals surface area contributed by atoms with Crippen molar-refractivity contribution < 1.29 is 4.79 Å². The number of nitrogens with one attached hydrogen (secondary N) is 1. The number of carbonyl (C=O) groups excluding carboxylic acids is 1. The third kappa shape index (κ3) is 2.91. The molecule has 0 radical (unpaired) electrons. The average molecular weight is 246 g/mol. The molecular formula is C13H14N2OS. The lowest BCUT2D eigenvalue weighted by Gasteiger charge is -2.02. The quantitative estimate of drug-likeness (QED) is 0.903. The van der Waals surface area contributed by atoms with Gasteiger partial charge in [-0.15, -0.1) is 11.3 Å². The summed E-state index contributed by atoms with van der Waals surface area (Å²) in [5.41, 5.74) is 1.74. The zero-order valence-corrected chi connectivity index (χ0v) is 10.7. The second-order valence-corrected chi connectivity index (χ2v) is 4.92. The summed E-state index contributed by atoms with van der Waals surface area (Å²) in [4.78, 5) is 17.3. The Bertz CT molecular complexity index is 534. The first-order valence-electron chi connectivity index (χ1n) is 5.51. The number of amides is 1. The standard InChI is InChI=1S/C13H14N2OS/c1-3-11-8-14-13(17-11)15-12(16)10-6-4-5-9(2)7-10/h4-8H,3H2,1-2H3,(H,14,15,16). The van der Waals surface area contributed by atoms with Gasteiger partial charge in [0.2, 0.25) is 0 Å². The highest BCUT2D eigenvalue weighted by Crippen LogP contribution is 2.19. The zero-order valence-electron chi connectivity index (χ0n) is 9.86. The first-order chi connectivity index (χ1) is 8.19. The molecule has 0 saturated carbocycles. The van der Waals surface area contributed by atoms with Crippen molar-refractivity contribution in [2.75, 3.05) is 5.32 Å². The lowest BCUT2D eigenvalue weighted by Crippen LogP contribution is -2.11. The molecule has 0 aliphatic rings. The normalized spacial score (nSPS) is 10.2. The number of thiazole rings is 1. The van der Waals surface area contributed by atoms with E-state index >= 15 is 0 Å².